The van der Waals surface area contributed by atoms with Crippen LogP contribution in [0.5, 0.6) is 0 Å². The van der Waals surface area contributed by atoms with E-state index in [2.05, 4.69) is 34.5 Å². The van der Waals surface area contributed by atoms with Crippen molar-refractivity contribution in [3.63, 3.8) is 0 Å². The Kier molecular flexibility index (Phi) is 9.13. The van der Waals surface area contributed by atoms with Gasteiger partial charge in [-0.3, -0.25) is 14.0 Å². The summed E-state index contributed by atoms with van der Waals surface area (Å²) in [7, 11) is -3.59. The fourth-order valence-corrected chi connectivity index (χ4v) is 5.82. The standard InChI is InChI=1S/C28H31Cl2N3O3S/c1-37(35,36)33(27-16-25(29)15-26(30)17-27)20-23-9-11-24(12-10-23)28(34)31-18-21-5-7-22(8-6-21)19-32-13-3-2-4-14-32/h5-12,15-17H,2-4,13-14,18-20H2,1H3,(H,31,34). The van der Waals surface area contributed by atoms with Crippen LogP contribution in [0.3, 0.4) is 0 Å². The molecule has 0 unspecified atom stereocenters. The molecule has 0 aliphatic carbocycles. The van der Waals surface area contributed by atoms with E-state index in [1.807, 2.05) is 0 Å². The Labute approximate surface area is 229 Å². The first kappa shape index (κ1) is 27.5. The highest BCUT2D eigenvalue weighted by molar-refractivity contribution is 7.92. The second kappa shape index (κ2) is 12.3. The van der Waals surface area contributed by atoms with Crippen LogP contribution in [0.4, 0.5) is 5.69 Å². The van der Waals surface area contributed by atoms with Crippen LogP contribution in [-0.2, 0) is 29.7 Å². The zero-order valence-electron chi connectivity index (χ0n) is 20.8. The number of rotatable bonds is 9. The van der Waals surface area contributed by atoms with Gasteiger partial charge in [0.05, 0.1) is 18.5 Å². The quantitative estimate of drug-likeness (QED) is 0.355. The maximum absolute atomic E-state index is 12.7. The number of amides is 1. The number of carbonyl (C=O) groups excluding carboxylic acids is 1. The molecule has 1 aliphatic heterocycles. The molecule has 0 spiro atoms. The van der Waals surface area contributed by atoms with Gasteiger partial charge in [0.2, 0.25) is 10.0 Å². The summed E-state index contributed by atoms with van der Waals surface area (Å²) in [6.45, 7) is 3.82. The van der Waals surface area contributed by atoms with Crippen LogP contribution >= 0.6 is 23.2 Å². The van der Waals surface area contributed by atoms with Gasteiger partial charge >= 0.3 is 0 Å². The Morgan fingerprint density at radius 2 is 1.43 bits per heavy atom. The van der Waals surface area contributed by atoms with Gasteiger partial charge in [-0.2, -0.15) is 0 Å². The lowest BCUT2D eigenvalue weighted by atomic mass is 10.1. The third-order valence-corrected chi connectivity index (χ3v) is 7.99. The van der Waals surface area contributed by atoms with Crippen LogP contribution in [0.15, 0.2) is 66.7 Å². The summed E-state index contributed by atoms with van der Waals surface area (Å²) in [6, 6.07) is 19.9. The Balaban J connectivity index is 1.34. The van der Waals surface area contributed by atoms with E-state index in [1.165, 1.54) is 29.1 Å². The number of hydrogen-bond acceptors (Lipinski definition) is 4. The molecule has 3 aromatic rings. The van der Waals surface area contributed by atoms with Crippen molar-refractivity contribution in [3.8, 4) is 0 Å². The van der Waals surface area contributed by atoms with Gasteiger partial charge in [-0.05, 0) is 73.0 Å². The van der Waals surface area contributed by atoms with E-state index >= 15 is 0 Å². The average Bonchev–Trinajstić information content (AvgIpc) is 2.86. The molecule has 9 heteroatoms. The number of benzene rings is 3. The van der Waals surface area contributed by atoms with E-state index in [0.29, 0.717) is 27.8 Å². The van der Waals surface area contributed by atoms with Gasteiger partial charge in [0.15, 0.2) is 0 Å². The lowest BCUT2D eigenvalue weighted by molar-refractivity contribution is 0.0951. The van der Waals surface area contributed by atoms with Gasteiger partial charge in [0, 0.05) is 28.7 Å². The molecule has 37 heavy (non-hydrogen) atoms. The molecule has 0 bridgehead atoms. The van der Waals surface area contributed by atoms with E-state index in [4.69, 9.17) is 23.2 Å². The van der Waals surface area contributed by atoms with Crippen molar-refractivity contribution in [2.75, 3.05) is 23.7 Å². The molecule has 1 aliphatic rings. The van der Waals surface area contributed by atoms with Gasteiger partial charge in [-0.1, -0.05) is 66.0 Å². The normalized spacial score (nSPS) is 14.4. The highest BCUT2D eigenvalue weighted by Gasteiger charge is 2.19. The van der Waals surface area contributed by atoms with Crippen LogP contribution in [0.1, 0.15) is 46.3 Å². The number of sulfonamides is 1. The number of halogens is 2. The maximum atomic E-state index is 12.7. The average molecular weight is 561 g/mol. The summed E-state index contributed by atoms with van der Waals surface area (Å²) in [6.07, 6.45) is 5.01. The Bertz CT molecular complexity index is 1300. The monoisotopic (exact) mass is 559 g/mol. The highest BCUT2D eigenvalue weighted by Crippen LogP contribution is 2.28. The second-order valence-corrected chi connectivity index (χ2v) is 12.2. The van der Waals surface area contributed by atoms with E-state index in [-0.39, 0.29) is 12.5 Å². The molecule has 0 saturated carbocycles. The number of carbonyl (C=O) groups is 1. The molecule has 4 rings (SSSR count). The first-order valence-electron chi connectivity index (χ1n) is 12.3. The summed E-state index contributed by atoms with van der Waals surface area (Å²) in [5.41, 5.74) is 3.93. The van der Waals surface area contributed by atoms with Crippen LogP contribution in [0.2, 0.25) is 10.0 Å². The number of likely N-dealkylation sites (tertiary alicyclic amines) is 1. The minimum absolute atomic E-state index is 0.0845. The molecule has 0 radical (unpaired) electrons. The molecule has 196 valence electrons. The molecule has 0 atom stereocenters. The summed E-state index contributed by atoms with van der Waals surface area (Å²) in [4.78, 5) is 15.2. The molecule has 1 heterocycles. The minimum atomic E-state index is -3.59. The summed E-state index contributed by atoms with van der Waals surface area (Å²) in [5.74, 6) is -0.189. The van der Waals surface area contributed by atoms with Gasteiger partial charge in [0.25, 0.3) is 5.91 Å². The van der Waals surface area contributed by atoms with Gasteiger partial charge < -0.3 is 5.32 Å². The molecule has 1 N–H and O–H groups in total. The van der Waals surface area contributed by atoms with Crippen LogP contribution < -0.4 is 9.62 Å². The van der Waals surface area contributed by atoms with E-state index in [0.717, 1.165) is 37.0 Å². The maximum Gasteiger partial charge on any atom is 0.251 e. The Hall–Kier alpha value is -2.58. The van der Waals surface area contributed by atoms with Crippen molar-refractivity contribution in [1.29, 1.82) is 0 Å². The van der Waals surface area contributed by atoms with Crippen molar-refractivity contribution in [2.24, 2.45) is 0 Å². The number of piperidine rings is 1. The fourth-order valence-electron chi connectivity index (χ4n) is 4.43. The van der Waals surface area contributed by atoms with Crippen LogP contribution in [0, 0.1) is 0 Å². The van der Waals surface area contributed by atoms with Gasteiger partial charge in [-0.25, -0.2) is 8.42 Å². The number of nitrogens with one attached hydrogen (secondary N) is 1. The zero-order chi connectivity index (χ0) is 26.4. The number of nitrogens with zero attached hydrogens (tertiary/aromatic N) is 2. The Morgan fingerprint density at radius 1 is 0.865 bits per heavy atom. The predicted octanol–water partition coefficient (Wildman–Crippen LogP) is 5.88. The molecule has 1 amide bonds. The van der Waals surface area contributed by atoms with E-state index in [1.54, 1.807) is 42.5 Å². The van der Waals surface area contributed by atoms with E-state index < -0.39 is 10.0 Å². The lowest BCUT2D eigenvalue weighted by Crippen LogP contribution is -2.29. The zero-order valence-corrected chi connectivity index (χ0v) is 23.1. The van der Waals surface area contributed by atoms with Crippen molar-refractivity contribution >= 4 is 44.8 Å². The smallest absolute Gasteiger partial charge is 0.251 e. The molecule has 1 fully saturated rings. The second-order valence-electron chi connectivity index (χ2n) is 9.43. The molecular weight excluding hydrogens is 529 g/mol. The topological polar surface area (TPSA) is 69.7 Å². The minimum Gasteiger partial charge on any atom is -0.348 e. The summed E-state index contributed by atoms with van der Waals surface area (Å²) < 4.78 is 26.1. The van der Waals surface area contributed by atoms with Crippen molar-refractivity contribution in [1.82, 2.24) is 10.2 Å². The largest absolute Gasteiger partial charge is 0.348 e. The van der Waals surface area contributed by atoms with E-state index in [9.17, 15) is 13.2 Å². The first-order valence-corrected chi connectivity index (χ1v) is 14.9. The lowest BCUT2D eigenvalue weighted by Gasteiger charge is -2.26. The third-order valence-electron chi connectivity index (χ3n) is 6.41. The predicted molar refractivity (Wildman–Crippen MR) is 151 cm³/mol. The number of anilines is 1. The molecule has 6 nitrogen and oxygen atoms in total. The molecule has 3 aromatic carbocycles. The molecule has 1 saturated heterocycles. The summed E-state index contributed by atoms with van der Waals surface area (Å²) >= 11 is 12.1. The van der Waals surface area contributed by atoms with Crippen molar-refractivity contribution in [2.45, 2.75) is 38.9 Å². The third kappa shape index (κ3) is 7.95. The van der Waals surface area contributed by atoms with Crippen molar-refractivity contribution < 1.29 is 13.2 Å². The Morgan fingerprint density at radius 3 is 2.03 bits per heavy atom. The molecular formula is C28H31Cl2N3O3S. The first-order chi connectivity index (χ1) is 17.7. The summed E-state index contributed by atoms with van der Waals surface area (Å²) in [5, 5.41) is 3.65. The SMILES string of the molecule is CS(=O)(=O)N(Cc1ccc(C(=O)NCc2ccc(CN3CCCCC3)cc2)cc1)c1cc(Cl)cc(Cl)c1. The van der Waals surface area contributed by atoms with Gasteiger partial charge in [0.1, 0.15) is 0 Å². The molecule has 0 aromatic heterocycles. The fraction of sp³-hybridized carbons (Fsp3) is 0.321. The number of hydrogen-bond donors (Lipinski definition) is 1. The van der Waals surface area contributed by atoms with Gasteiger partial charge in [-0.15, -0.1) is 0 Å². The van der Waals surface area contributed by atoms with Crippen molar-refractivity contribution in [3.05, 3.63) is 99.0 Å². The van der Waals surface area contributed by atoms with Crippen LogP contribution in [-0.4, -0.2) is 38.6 Å². The van der Waals surface area contributed by atoms with Crippen LogP contribution in [0.25, 0.3) is 0 Å². The highest BCUT2D eigenvalue weighted by atomic mass is 35.5.